The van der Waals surface area contributed by atoms with Gasteiger partial charge in [-0.1, -0.05) is 0 Å². The molecule has 11 heteroatoms. The van der Waals surface area contributed by atoms with Gasteiger partial charge in [0.05, 0.1) is 14.8 Å². The lowest BCUT2D eigenvalue weighted by Crippen LogP contribution is -2.12. The van der Waals surface area contributed by atoms with E-state index in [1.54, 1.807) is 0 Å². The van der Waals surface area contributed by atoms with Crippen molar-refractivity contribution in [2.24, 2.45) is 0 Å². The van der Waals surface area contributed by atoms with E-state index in [-0.39, 0.29) is 16.9 Å². The summed E-state index contributed by atoms with van der Waals surface area (Å²) >= 11 is 0. The van der Waals surface area contributed by atoms with Gasteiger partial charge in [0.1, 0.15) is 0 Å². The second-order valence-corrected chi connectivity index (χ2v) is 4.48. The Balaban J connectivity index is 2.26. The third-order valence-corrected chi connectivity index (χ3v) is 2.97. The Morgan fingerprint density at radius 1 is 0.792 bits per heavy atom. The molecule has 2 aromatic carbocycles. The SMILES string of the molecule is O=C(Nc1ccc([N+](=O)[O-])cc1)c1ccc([N+](=O)[O-])c([N+](=O)[O-])c1. The van der Waals surface area contributed by atoms with Crippen molar-refractivity contribution in [3.8, 4) is 0 Å². The van der Waals surface area contributed by atoms with Gasteiger partial charge in [-0.2, -0.15) is 0 Å². The van der Waals surface area contributed by atoms with Crippen molar-refractivity contribution < 1.29 is 19.6 Å². The van der Waals surface area contributed by atoms with Gasteiger partial charge in [-0.05, 0) is 18.2 Å². The van der Waals surface area contributed by atoms with Crippen molar-refractivity contribution in [3.05, 3.63) is 78.4 Å². The topological polar surface area (TPSA) is 159 Å². The summed E-state index contributed by atoms with van der Waals surface area (Å²) < 4.78 is 0. The molecule has 0 aliphatic heterocycles. The highest BCUT2D eigenvalue weighted by Gasteiger charge is 2.25. The number of nitrogens with zero attached hydrogens (tertiary/aromatic N) is 3. The van der Waals surface area contributed by atoms with Crippen LogP contribution >= 0.6 is 0 Å². The normalized spacial score (nSPS) is 10.0. The van der Waals surface area contributed by atoms with E-state index in [1.807, 2.05) is 0 Å². The fourth-order valence-electron chi connectivity index (χ4n) is 1.84. The van der Waals surface area contributed by atoms with Crippen LogP contribution in [0.2, 0.25) is 0 Å². The molecule has 0 heterocycles. The van der Waals surface area contributed by atoms with Gasteiger partial charge < -0.3 is 5.32 Å². The minimum atomic E-state index is -0.958. The molecule has 0 atom stereocenters. The zero-order chi connectivity index (χ0) is 17.9. The van der Waals surface area contributed by atoms with Crippen LogP contribution in [0.3, 0.4) is 0 Å². The van der Waals surface area contributed by atoms with Gasteiger partial charge in [0.2, 0.25) is 0 Å². The van der Waals surface area contributed by atoms with Gasteiger partial charge in [0.15, 0.2) is 0 Å². The van der Waals surface area contributed by atoms with Crippen molar-refractivity contribution >= 4 is 28.7 Å². The minimum absolute atomic E-state index is 0.161. The molecule has 0 aliphatic rings. The average molecular weight is 332 g/mol. The number of anilines is 1. The lowest BCUT2D eigenvalue weighted by Gasteiger charge is -2.05. The van der Waals surface area contributed by atoms with Crippen molar-refractivity contribution in [1.82, 2.24) is 0 Å². The zero-order valence-electron chi connectivity index (χ0n) is 11.7. The number of benzene rings is 2. The van der Waals surface area contributed by atoms with Crippen LogP contribution in [0.4, 0.5) is 22.7 Å². The Hall–Kier alpha value is -3.89. The van der Waals surface area contributed by atoms with E-state index in [0.29, 0.717) is 0 Å². The maximum atomic E-state index is 12.1. The second-order valence-electron chi connectivity index (χ2n) is 4.48. The predicted octanol–water partition coefficient (Wildman–Crippen LogP) is 2.66. The molecule has 11 nitrogen and oxygen atoms in total. The van der Waals surface area contributed by atoms with Crippen LogP contribution in [0.25, 0.3) is 0 Å². The highest BCUT2D eigenvalue weighted by atomic mass is 16.6. The Labute approximate surface area is 133 Å². The number of carbonyl (C=O) groups excluding carboxylic acids is 1. The molecule has 0 aliphatic carbocycles. The summed E-state index contributed by atoms with van der Waals surface area (Å²) in [5.74, 6) is -0.748. The number of amides is 1. The number of nitrogens with one attached hydrogen (secondary N) is 1. The highest BCUT2D eigenvalue weighted by molar-refractivity contribution is 6.05. The third-order valence-electron chi connectivity index (χ3n) is 2.97. The quantitative estimate of drug-likeness (QED) is 0.650. The molecule has 0 spiro atoms. The van der Waals surface area contributed by atoms with E-state index < -0.39 is 32.1 Å². The van der Waals surface area contributed by atoms with E-state index >= 15 is 0 Å². The first-order valence-electron chi connectivity index (χ1n) is 6.28. The summed E-state index contributed by atoms with van der Waals surface area (Å²) in [5.41, 5.74) is -1.64. The van der Waals surface area contributed by atoms with Crippen LogP contribution < -0.4 is 5.32 Å². The molecule has 0 fully saturated rings. The molecule has 1 N–H and O–H groups in total. The lowest BCUT2D eigenvalue weighted by molar-refractivity contribution is -0.422. The zero-order valence-corrected chi connectivity index (χ0v) is 11.7. The van der Waals surface area contributed by atoms with Crippen molar-refractivity contribution in [1.29, 1.82) is 0 Å². The molecule has 0 aromatic heterocycles. The minimum Gasteiger partial charge on any atom is -0.322 e. The monoisotopic (exact) mass is 332 g/mol. The molecule has 1 amide bonds. The number of hydrogen-bond acceptors (Lipinski definition) is 7. The van der Waals surface area contributed by atoms with Gasteiger partial charge in [-0.15, -0.1) is 0 Å². The molecular formula is C13H8N4O7. The van der Waals surface area contributed by atoms with E-state index in [0.717, 1.165) is 18.2 Å². The van der Waals surface area contributed by atoms with Crippen molar-refractivity contribution in [2.45, 2.75) is 0 Å². The number of nitro groups is 3. The van der Waals surface area contributed by atoms with Crippen molar-refractivity contribution in [2.75, 3.05) is 5.32 Å². The highest BCUT2D eigenvalue weighted by Crippen LogP contribution is 2.28. The fourth-order valence-corrected chi connectivity index (χ4v) is 1.84. The average Bonchev–Trinajstić information content (AvgIpc) is 2.54. The Kier molecular flexibility index (Phi) is 4.45. The molecule has 0 saturated heterocycles. The standard InChI is InChI=1S/C13H8N4O7/c18-13(14-9-2-4-10(5-3-9)15(19)20)8-1-6-11(16(21)22)12(7-8)17(23)24/h1-7H,(H,14,18). The van der Waals surface area contributed by atoms with Crippen LogP contribution in [-0.4, -0.2) is 20.7 Å². The summed E-state index contributed by atoms with van der Waals surface area (Å²) in [4.78, 5) is 41.7. The molecule has 0 radical (unpaired) electrons. The number of non-ortho nitro benzene ring substituents is 1. The maximum absolute atomic E-state index is 12.1. The lowest BCUT2D eigenvalue weighted by atomic mass is 10.1. The van der Waals surface area contributed by atoms with Gasteiger partial charge in [0.25, 0.3) is 11.6 Å². The Morgan fingerprint density at radius 3 is 1.88 bits per heavy atom. The van der Waals surface area contributed by atoms with E-state index in [9.17, 15) is 35.1 Å². The van der Waals surface area contributed by atoms with E-state index in [2.05, 4.69) is 5.32 Å². The van der Waals surface area contributed by atoms with Crippen molar-refractivity contribution in [3.63, 3.8) is 0 Å². The second kappa shape index (κ2) is 6.48. The van der Waals surface area contributed by atoms with Crippen LogP contribution in [0.5, 0.6) is 0 Å². The first-order chi connectivity index (χ1) is 11.3. The van der Waals surface area contributed by atoms with Gasteiger partial charge in [-0.3, -0.25) is 35.1 Å². The largest absolute Gasteiger partial charge is 0.346 e. The molecule has 24 heavy (non-hydrogen) atoms. The summed E-state index contributed by atoms with van der Waals surface area (Å²) in [5, 5.41) is 34.5. The van der Waals surface area contributed by atoms with Crippen LogP contribution in [0, 0.1) is 30.3 Å². The van der Waals surface area contributed by atoms with Gasteiger partial charge in [-0.25, -0.2) is 0 Å². The summed E-state index contributed by atoms with van der Waals surface area (Å²) in [6, 6.07) is 7.65. The summed E-state index contributed by atoms with van der Waals surface area (Å²) in [6.45, 7) is 0. The smallest absolute Gasteiger partial charge is 0.322 e. The molecule has 0 saturated carbocycles. The third kappa shape index (κ3) is 3.47. The Morgan fingerprint density at radius 2 is 1.38 bits per heavy atom. The molecule has 0 unspecified atom stereocenters. The van der Waals surface area contributed by atoms with E-state index in [4.69, 9.17) is 0 Å². The van der Waals surface area contributed by atoms with Gasteiger partial charge in [0, 0.05) is 35.5 Å². The molecule has 2 aromatic rings. The van der Waals surface area contributed by atoms with E-state index in [1.165, 1.54) is 24.3 Å². The number of rotatable bonds is 5. The fraction of sp³-hybridized carbons (Fsp3) is 0. The predicted molar refractivity (Wildman–Crippen MR) is 80.8 cm³/mol. The van der Waals surface area contributed by atoms with Gasteiger partial charge >= 0.3 is 11.4 Å². The maximum Gasteiger partial charge on any atom is 0.346 e. The molecule has 122 valence electrons. The number of hydrogen-bond donors (Lipinski definition) is 1. The van der Waals surface area contributed by atoms with Crippen LogP contribution in [-0.2, 0) is 0 Å². The Bertz CT molecular complexity index is 848. The first-order valence-corrected chi connectivity index (χ1v) is 6.28. The number of nitro benzene ring substituents is 3. The number of carbonyl (C=O) groups is 1. The molecular weight excluding hydrogens is 324 g/mol. The summed E-state index contributed by atoms with van der Waals surface area (Å²) in [7, 11) is 0. The summed E-state index contributed by atoms with van der Waals surface area (Å²) in [6.07, 6.45) is 0. The molecule has 0 bridgehead atoms. The van der Waals surface area contributed by atoms with Crippen LogP contribution in [0.1, 0.15) is 10.4 Å². The first kappa shape index (κ1) is 16.5. The van der Waals surface area contributed by atoms with Crippen LogP contribution in [0.15, 0.2) is 42.5 Å². The molecule has 2 rings (SSSR count).